The van der Waals surface area contributed by atoms with E-state index in [4.69, 9.17) is 4.84 Å². The van der Waals surface area contributed by atoms with E-state index in [-0.39, 0.29) is 0 Å². The Kier molecular flexibility index (Phi) is 3.45. The summed E-state index contributed by atoms with van der Waals surface area (Å²) in [6.07, 6.45) is 0. The molecular weight excluding hydrogens is 210 g/mol. The molecule has 0 saturated carbocycles. The van der Waals surface area contributed by atoms with E-state index in [2.05, 4.69) is 43.3 Å². The van der Waals surface area contributed by atoms with Crippen molar-refractivity contribution >= 4 is 0 Å². The lowest BCUT2D eigenvalue weighted by molar-refractivity contribution is -0.00398. The summed E-state index contributed by atoms with van der Waals surface area (Å²) in [4.78, 5) is 5.57. The molecule has 2 nitrogen and oxygen atoms in total. The van der Waals surface area contributed by atoms with E-state index in [1.807, 2.05) is 26.2 Å². The first-order valence-corrected chi connectivity index (χ1v) is 5.68. The SMILES string of the molecule is Cc1cc(-c2ccccc2)ccc1ON(C)C. The molecule has 0 atom stereocenters. The number of rotatable bonds is 3. The van der Waals surface area contributed by atoms with Crippen molar-refractivity contribution in [3.63, 3.8) is 0 Å². The second-order valence-corrected chi connectivity index (χ2v) is 4.25. The third-order valence-electron chi connectivity index (χ3n) is 2.56. The van der Waals surface area contributed by atoms with Crippen LogP contribution in [0.5, 0.6) is 5.75 Å². The molecule has 2 aromatic rings. The van der Waals surface area contributed by atoms with Gasteiger partial charge in [0.25, 0.3) is 0 Å². The van der Waals surface area contributed by atoms with Gasteiger partial charge in [0, 0.05) is 14.1 Å². The predicted octanol–water partition coefficient (Wildman–Crippen LogP) is 3.52. The first-order chi connectivity index (χ1) is 8.16. The fourth-order valence-electron chi connectivity index (χ4n) is 1.76. The minimum atomic E-state index is 0.898. The zero-order valence-corrected chi connectivity index (χ0v) is 10.5. The fourth-order valence-corrected chi connectivity index (χ4v) is 1.76. The number of hydrogen-bond acceptors (Lipinski definition) is 2. The minimum Gasteiger partial charge on any atom is -0.406 e. The van der Waals surface area contributed by atoms with Crippen LogP contribution in [0.1, 0.15) is 5.56 Å². The summed E-state index contributed by atoms with van der Waals surface area (Å²) in [5, 5.41) is 1.70. The van der Waals surface area contributed by atoms with Crippen molar-refractivity contribution in [1.29, 1.82) is 0 Å². The van der Waals surface area contributed by atoms with Gasteiger partial charge in [-0.2, -0.15) is 5.06 Å². The van der Waals surface area contributed by atoms with Gasteiger partial charge in [0.05, 0.1) is 0 Å². The molecule has 0 unspecified atom stereocenters. The van der Waals surface area contributed by atoms with Gasteiger partial charge in [-0.25, -0.2) is 0 Å². The van der Waals surface area contributed by atoms with Gasteiger partial charge in [-0.05, 0) is 35.7 Å². The average molecular weight is 227 g/mol. The van der Waals surface area contributed by atoms with Gasteiger partial charge < -0.3 is 4.84 Å². The Labute approximate surface area is 102 Å². The van der Waals surface area contributed by atoms with E-state index in [1.165, 1.54) is 11.1 Å². The molecule has 2 aromatic carbocycles. The molecule has 0 bridgehead atoms. The summed E-state index contributed by atoms with van der Waals surface area (Å²) < 4.78 is 0. The van der Waals surface area contributed by atoms with Crippen molar-refractivity contribution < 1.29 is 4.84 Å². The second kappa shape index (κ2) is 5.02. The van der Waals surface area contributed by atoms with Crippen molar-refractivity contribution in [3.05, 3.63) is 54.1 Å². The van der Waals surface area contributed by atoms with Crippen LogP contribution < -0.4 is 4.84 Å². The zero-order valence-electron chi connectivity index (χ0n) is 10.5. The monoisotopic (exact) mass is 227 g/mol. The van der Waals surface area contributed by atoms with E-state index in [1.54, 1.807) is 5.06 Å². The lowest BCUT2D eigenvalue weighted by Gasteiger charge is -2.14. The van der Waals surface area contributed by atoms with Crippen molar-refractivity contribution in [2.45, 2.75) is 6.92 Å². The normalized spacial score (nSPS) is 10.6. The number of hydroxylamine groups is 2. The van der Waals surface area contributed by atoms with Crippen LogP contribution in [-0.2, 0) is 0 Å². The molecule has 0 aromatic heterocycles. The summed E-state index contributed by atoms with van der Waals surface area (Å²) in [7, 11) is 3.76. The largest absolute Gasteiger partial charge is 0.406 e. The van der Waals surface area contributed by atoms with Crippen LogP contribution in [0.15, 0.2) is 48.5 Å². The molecule has 0 N–H and O–H groups in total. The molecule has 2 heteroatoms. The molecule has 0 aliphatic heterocycles. The topological polar surface area (TPSA) is 12.5 Å². The van der Waals surface area contributed by atoms with Crippen LogP contribution in [0, 0.1) is 6.92 Å². The molecule has 88 valence electrons. The molecular formula is C15H17NO. The summed E-state index contributed by atoms with van der Waals surface area (Å²) in [6, 6.07) is 16.6. The van der Waals surface area contributed by atoms with Crippen molar-refractivity contribution in [3.8, 4) is 16.9 Å². The van der Waals surface area contributed by atoms with E-state index >= 15 is 0 Å². The molecule has 0 aliphatic carbocycles. The van der Waals surface area contributed by atoms with Gasteiger partial charge in [-0.1, -0.05) is 36.4 Å². The minimum absolute atomic E-state index is 0.898. The molecule has 0 saturated heterocycles. The van der Waals surface area contributed by atoms with Gasteiger partial charge >= 0.3 is 0 Å². The molecule has 2 rings (SSSR count). The Morgan fingerprint density at radius 3 is 2.18 bits per heavy atom. The number of nitrogens with zero attached hydrogens (tertiary/aromatic N) is 1. The Balaban J connectivity index is 2.31. The first kappa shape index (κ1) is 11.7. The molecule has 0 spiro atoms. The van der Waals surface area contributed by atoms with Gasteiger partial charge in [0.1, 0.15) is 5.75 Å². The van der Waals surface area contributed by atoms with Gasteiger partial charge in [0.15, 0.2) is 0 Å². The average Bonchev–Trinajstić information content (AvgIpc) is 2.32. The van der Waals surface area contributed by atoms with Crippen molar-refractivity contribution in [2.75, 3.05) is 14.1 Å². The van der Waals surface area contributed by atoms with E-state index in [0.29, 0.717) is 0 Å². The summed E-state index contributed by atoms with van der Waals surface area (Å²) in [6.45, 7) is 2.06. The lowest BCUT2D eigenvalue weighted by Crippen LogP contribution is -2.16. The third kappa shape index (κ3) is 2.86. The zero-order chi connectivity index (χ0) is 12.3. The molecule has 0 radical (unpaired) electrons. The van der Waals surface area contributed by atoms with Gasteiger partial charge in [-0.3, -0.25) is 0 Å². The second-order valence-electron chi connectivity index (χ2n) is 4.25. The fraction of sp³-hybridized carbons (Fsp3) is 0.200. The van der Waals surface area contributed by atoms with Crippen LogP contribution in [0.25, 0.3) is 11.1 Å². The van der Waals surface area contributed by atoms with E-state index in [0.717, 1.165) is 11.3 Å². The van der Waals surface area contributed by atoms with Crippen LogP contribution in [0.3, 0.4) is 0 Å². The van der Waals surface area contributed by atoms with Crippen molar-refractivity contribution in [2.24, 2.45) is 0 Å². The predicted molar refractivity (Wildman–Crippen MR) is 70.9 cm³/mol. The molecule has 17 heavy (non-hydrogen) atoms. The first-order valence-electron chi connectivity index (χ1n) is 5.68. The Bertz CT molecular complexity index is 492. The molecule has 0 amide bonds. The van der Waals surface area contributed by atoms with Crippen LogP contribution in [-0.4, -0.2) is 19.2 Å². The highest BCUT2D eigenvalue weighted by Crippen LogP contribution is 2.26. The van der Waals surface area contributed by atoms with Crippen LogP contribution >= 0.6 is 0 Å². The van der Waals surface area contributed by atoms with E-state index in [9.17, 15) is 0 Å². The maximum atomic E-state index is 5.57. The number of aryl methyl sites for hydroxylation is 1. The summed E-state index contributed by atoms with van der Waals surface area (Å²) in [5.74, 6) is 0.898. The number of hydrogen-bond donors (Lipinski definition) is 0. The molecule has 0 aliphatic rings. The third-order valence-corrected chi connectivity index (χ3v) is 2.56. The molecule has 0 fully saturated rings. The Morgan fingerprint density at radius 1 is 0.882 bits per heavy atom. The highest BCUT2D eigenvalue weighted by Gasteiger charge is 2.04. The quantitative estimate of drug-likeness (QED) is 0.744. The highest BCUT2D eigenvalue weighted by molar-refractivity contribution is 5.65. The standard InChI is InChI=1S/C15H17NO/c1-12-11-14(13-7-5-4-6-8-13)9-10-15(12)17-16(2)3/h4-11H,1-3H3. The lowest BCUT2D eigenvalue weighted by atomic mass is 10.0. The smallest absolute Gasteiger partial charge is 0.150 e. The number of benzene rings is 2. The van der Waals surface area contributed by atoms with E-state index < -0.39 is 0 Å². The van der Waals surface area contributed by atoms with Crippen molar-refractivity contribution in [1.82, 2.24) is 5.06 Å². The van der Waals surface area contributed by atoms with Gasteiger partial charge in [0.2, 0.25) is 0 Å². The maximum Gasteiger partial charge on any atom is 0.150 e. The maximum absolute atomic E-state index is 5.57. The summed E-state index contributed by atoms with van der Waals surface area (Å²) in [5.41, 5.74) is 3.58. The van der Waals surface area contributed by atoms with Gasteiger partial charge in [-0.15, -0.1) is 0 Å². The molecule has 0 heterocycles. The summed E-state index contributed by atoms with van der Waals surface area (Å²) >= 11 is 0. The van der Waals surface area contributed by atoms with Crippen LogP contribution in [0.2, 0.25) is 0 Å². The van der Waals surface area contributed by atoms with Crippen LogP contribution in [0.4, 0.5) is 0 Å². The Hall–Kier alpha value is -1.80. The highest BCUT2D eigenvalue weighted by atomic mass is 16.7. The Morgan fingerprint density at radius 2 is 1.59 bits per heavy atom.